The molecular weight excluding hydrogens is 406 g/mol. The van der Waals surface area contributed by atoms with Gasteiger partial charge in [-0.1, -0.05) is 19.9 Å². The Labute approximate surface area is 154 Å². The summed E-state index contributed by atoms with van der Waals surface area (Å²) >= 11 is 0. The smallest absolute Gasteiger partial charge is 0.193 e. The molecule has 1 aliphatic heterocycles. The summed E-state index contributed by atoms with van der Waals surface area (Å²) in [6.45, 7) is 6.80. The first kappa shape index (κ1) is 19.7. The van der Waals surface area contributed by atoms with E-state index in [1.54, 1.807) is 19.2 Å². The van der Waals surface area contributed by atoms with Crippen LogP contribution in [-0.2, 0) is 6.54 Å². The molecule has 2 unspecified atom stereocenters. The molecule has 0 saturated carbocycles. The van der Waals surface area contributed by atoms with Gasteiger partial charge < -0.3 is 10.2 Å². The molecule has 23 heavy (non-hydrogen) atoms. The first-order valence-corrected chi connectivity index (χ1v) is 7.67. The van der Waals surface area contributed by atoms with Gasteiger partial charge in [0.25, 0.3) is 0 Å². The number of hydrogen-bond acceptors (Lipinski definition) is 2. The van der Waals surface area contributed by atoms with Crippen molar-refractivity contribution in [3.05, 3.63) is 35.1 Å². The molecule has 1 saturated heterocycles. The number of benzene rings is 1. The van der Waals surface area contributed by atoms with Crippen LogP contribution in [0.25, 0.3) is 0 Å². The summed E-state index contributed by atoms with van der Waals surface area (Å²) in [7, 11) is 1.75. The quantitative estimate of drug-likeness (QED) is 0.445. The van der Waals surface area contributed by atoms with Crippen molar-refractivity contribution in [3.63, 3.8) is 0 Å². The molecule has 0 aliphatic carbocycles. The molecule has 0 spiro atoms. The number of likely N-dealkylation sites (tertiary alicyclic amines) is 1. The van der Waals surface area contributed by atoms with Crippen LogP contribution in [0, 0.1) is 29.0 Å². The van der Waals surface area contributed by atoms with Gasteiger partial charge in [-0.3, -0.25) is 4.99 Å². The van der Waals surface area contributed by atoms with Gasteiger partial charge in [0.15, 0.2) is 5.96 Å². The monoisotopic (exact) mass is 430 g/mol. The van der Waals surface area contributed by atoms with Crippen LogP contribution in [0.1, 0.15) is 31.4 Å². The summed E-state index contributed by atoms with van der Waals surface area (Å²) in [4.78, 5) is 6.55. The van der Waals surface area contributed by atoms with Gasteiger partial charge in [0.1, 0.15) is 5.82 Å². The fourth-order valence-electron chi connectivity index (χ4n) is 3.10. The van der Waals surface area contributed by atoms with E-state index in [2.05, 4.69) is 29.1 Å². The van der Waals surface area contributed by atoms with E-state index in [1.807, 2.05) is 6.07 Å². The second-order valence-corrected chi connectivity index (χ2v) is 6.17. The lowest BCUT2D eigenvalue weighted by molar-refractivity contribution is 0.208. The third-order valence-corrected chi connectivity index (χ3v) is 4.00. The van der Waals surface area contributed by atoms with Crippen molar-refractivity contribution in [1.29, 1.82) is 5.26 Å². The molecule has 6 heteroatoms. The molecule has 0 radical (unpaired) electrons. The van der Waals surface area contributed by atoms with Crippen LogP contribution in [0.4, 0.5) is 4.39 Å². The highest BCUT2D eigenvalue weighted by Crippen LogP contribution is 2.21. The van der Waals surface area contributed by atoms with Gasteiger partial charge in [0.2, 0.25) is 0 Å². The molecule has 1 fully saturated rings. The molecular formula is C17H24FIN4. The molecule has 0 bridgehead atoms. The molecule has 1 N–H and O–H groups in total. The lowest BCUT2D eigenvalue weighted by atomic mass is 9.92. The van der Waals surface area contributed by atoms with Crippen LogP contribution in [-0.4, -0.2) is 31.0 Å². The van der Waals surface area contributed by atoms with Crippen LogP contribution < -0.4 is 5.32 Å². The minimum absolute atomic E-state index is 0. The Morgan fingerprint density at radius 2 is 2.04 bits per heavy atom. The van der Waals surface area contributed by atoms with Gasteiger partial charge in [-0.2, -0.15) is 5.26 Å². The van der Waals surface area contributed by atoms with E-state index in [1.165, 1.54) is 12.5 Å². The standard InChI is InChI=1S/C17H23FN4.HI/c1-12-6-13(2)11-22(10-12)17(20-3)21-9-15-5-4-14(8-19)7-16(15)18;/h4-5,7,12-13H,6,9-11H2,1-3H3,(H,20,21);1H. The minimum atomic E-state index is -0.359. The van der Waals surface area contributed by atoms with Crippen molar-refractivity contribution in [2.75, 3.05) is 20.1 Å². The Hall–Kier alpha value is -1.36. The SMILES string of the molecule is CN=C(NCc1ccc(C#N)cc1F)N1CC(C)CC(C)C1.I. The predicted molar refractivity (Wildman–Crippen MR) is 101 cm³/mol. The molecule has 1 aliphatic rings. The minimum Gasteiger partial charge on any atom is -0.352 e. The Kier molecular flexibility index (Phi) is 7.76. The number of halogens is 2. The number of hydrogen-bond donors (Lipinski definition) is 1. The second-order valence-electron chi connectivity index (χ2n) is 6.17. The fourth-order valence-corrected chi connectivity index (χ4v) is 3.10. The largest absolute Gasteiger partial charge is 0.352 e. The third kappa shape index (κ3) is 5.34. The highest BCUT2D eigenvalue weighted by Gasteiger charge is 2.24. The molecule has 1 heterocycles. The van der Waals surface area contributed by atoms with Crippen LogP contribution >= 0.6 is 24.0 Å². The summed E-state index contributed by atoms with van der Waals surface area (Å²) in [6, 6.07) is 6.49. The van der Waals surface area contributed by atoms with Crippen LogP contribution in [0.15, 0.2) is 23.2 Å². The molecule has 2 atom stereocenters. The summed E-state index contributed by atoms with van der Waals surface area (Å²) in [5.41, 5.74) is 0.877. The average molecular weight is 430 g/mol. The molecule has 4 nitrogen and oxygen atoms in total. The van der Waals surface area contributed by atoms with E-state index < -0.39 is 0 Å². The lowest BCUT2D eigenvalue weighted by Crippen LogP contribution is -2.48. The molecule has 0 amide bonds. The van der Waals surface area contributed by atoms with Crippen molar-refractivity contribution in [2.45, 2.75) is 26.8 Å². The van der Waals surface area contributed by atoms with Crippen molar-refractivity contribution in [3.8, 4) is 6.07 Å². The summed E-state index contributed by atoms with van der Waals surface area (Å²) in [5.74, 6) is 1.72. The maximum absolute atomic E-state index is 13.9. The average Bonchev–Trinajstić information content (AvgIpc) is 2.48. The Morgan fingerprint density at radius 3 is 2.57 bits per heavy atom. The Bertz CT molecular complexity index is 587. The number of nitrogens with one attached hydrogen (secondary N) is 1. The molecule has 1 aromatic rings. The van der Waals surface area contributed by atoms with E-state index in [0.717, 1.165) is 19.0 Å². The number of guanidine groups is 1. The van der Waals surface area contributed by atoms with Gasteiger partial charge in [-0.05, 0) is 30.4 Å². The van der Waals surface area contributed by atoms with Crippen molar-refractivity contribution in [1.82, 2.24) is 10.2 Å². The van der Waals surface area contributed by atoms with Crippen LogP contribution in [0.5, 0.6) is 0 Å². The number of nitriles is 1. The Balaban J connectivity index is 0.00000264. The van der Waals surface area contributed by atoms with E-state index >= 15 is 0 Å². The fraction of sp³-hybridized carbons (Fsp3) is 0.529. The van der Waals surface area contributed by atoms with Crippen LogP contribution in [0.2, 0.25) is 0 Å². The van der Waals surface area contributed by atoms with E-state index in [4.69, 9.17) is 5.26 Å². The maximum atomic E-state index is 13.9. The zero-order valence-corrected chi connectivity index (χ0v) is 16.2. The van der Waals surface area contributed by atoms with Gasteiger partial charge >= 0.3 is 0 Å². The highest BCUT2D eigenvalue weighted by molar-refractivity contribution is 14.0. The molecule has 2 rings (SSSR count). The Morgan fingerprint density at radius 1 is 1.39 bits per heavy atom. The number of piperidine rings is 1. The van der Waals surface area contributed by atoms with Gasteiger partial charge in [-0.15, -0.1) is 24.0 Å². The summed E-state index contributed by atoms with van der Waals surface area (Å²) < 4.78 is 13.9. The van der Waals surface area contributed by atoms with Crippen molar-refractivity contribution < 1.29 is 4.39 Å². The zero-order valence-electron chi connectivity index (χ0n) is 13.8. The van der Waals surface area contributed by atoms with E-state index in [-0.39, 0.29) is 29.8 Å². The van der Waals surface area contributed by atoms with E-state index in [9.17, 15) is 4.39 Å². The zero-order chi connectivity index (χ0) is 16.1. The van der Waals surface area contributed by atoms with Gasteiger partial charge in [0, 0.05) is 32.2 Å². The summed E-state index contributed by atoms with van der Waals surface area (Å²) in [5, 5.41) is 12.0. The van der Waals surface area contributed by atoms with Crippen molar-refractivity contribution >= 4 is 29.9 Å². The van der Waals surface area contributed by atoms with E-state index in [0.29, 0.717) is 29.5 Å². The molecule has 126 valence electrons. The number of aliphatic imine (C=N–C) groups is 1. The number of rotatable bonds is 2. The summed E-state index contributed by atoms with van der Waals surface area (Å²) in [6.07, 6.45) is 1.23. The topological polar surface area (TPSA) is 51.4 Å². The number of nitrogens with zero attached hydrogens (tertiary/aromatic N) is 3. The first-order valence-electron chi connectivity index (χ1n) is 7.67. The highest BCUT2D eigenvalue weighted by atomic mass is 127. The second kappa shape index (κ2) is 9.06. The third-order valence-electron chi connectivity index (χ3n) is 4.00. The lowest BCUT2D eigenvalue weighted by Gasteiger charge is -2.37. The normalized spacial score (nSPS) is 21.3. The molecule has 1 aromatic carbocycles. The molecule has 0 aromatic heterocycles. The first-order chi connectivity index (χ1) is 10.5. The maximum Gasteiger partial charge on any atom is 0.193 e. The van der Waals surface area contributed by atoms with Gasteiger partial charge in [0.05, 0.1) is 11.6 Å². The van der Waals surface area contributed by atoms with Crippen molar-refractivity contribution in [2.24, 2.45) is 16.8 Å². The van der Waals surface area contributed by atoms with Crippen LogP contribution in [0.3, 0.4) is 0 Å². The van der Waals surface area contributed by atoms with Gasteiger partial charge in [-0.25, -0.2) is 4.39 Å². The predicted octanol–water partition coefficient (Wildman–Crippen LogP) is 3.37.